The molecular weight excluding hydrogens is 198 g/mol. The lowest BCUT2D eigenvalue weighted by Gasteiger charge is -2.26. The Morgan fingerprint density at radius 3 is 3.06 bits per heavy atom. The summed E-state index contributed by atoms with van der Waals surface area (Å²) in [6, 6.07) is 8.93. The van der Waals surface area contributed by atoms with Gasteiger partial charge in [-0.25, -0.2) is 0 Å². The Kier molecular flexibility index (Phi) is 2.17. The zero-order chi connectivity index (χ0) is 11.0. The molecule has 3 rings (SSSR count). The first-order valence-electron chi connectivity index (χ1n) is 5.65. The van der Waals surface area contributed by atoms with Gasteiger partial charge in [-0.15, -0.1) is 0 Å². The molecule has 1 aliphatic rings. The molecule has 0 bridgehead atoms. The van der Waals surface area contributed by atoms with Crippen LogP contribution in [0.4, 0.5) is 5.69 Å². The van der Waals surface area contributed by atoms with Crippen LogP contribution in [0.25, 0.3) is 0 Å². The zero-order valence-corrected chi connectivity index (χ0v) is 9.35. The Balaban J connectivity index is 1.88. The second-order valence-electron chi connectivity index (χ2n) is 4.39. The Morgan fingerprint density at radius 2 is 2.25 bits per heavy atom. The van der Waals surface area contributed by atoms with Crippen LogP contribution in [-0.4, -0.2) is 16.3 Å². The zero-order valence-electron chi connectivity index (χ0n) is 9.35. The minimum absolute atomic E-state index is 0.434. The summed E-state index contributed by atoms with van der Waals surface area (Å²) in [5.41, 5.74) is 3.87. The van der Waals surface area contributed by atoms with Crippen LogP contribution in [0.1, 0.15) is 17.2 Å². The summed E-state index contributed by atoms with van der Waals surface area (Å²) in [6.07, 6.45) is 5.09. The van der Waals surface area contributed by atoms with Gasteiger partial charge >= 0.3 is 0 Å². The number of aryl methyl sites for hydroxylation is 1. The summed E-state index contributed by atoms with van der Waals surface area (Å²) in [4.78, 5) is 0. The molecule has 0 spiro atoms. The predicted octanol–water partition coefficient (Wildman–Crippen LogP) is 2.40. The van der Waals surface area contributed by atoms with Crippen LogP contribution in [0.15, 0.2) is 36.7 Å². The molecular formula is C13H15N3. The number of nitrogens with one attached hydrogen (secondary N) is 1. The van der Waals surface area contributed by atoms with Crippen molar-refractivity contribution < 1.29 is 0 Å². The summed E-state index contributed by atoms with van der Waals surface area (Å²) in [5.74, 6) is 0. The molecule has 16 heavy (non-hydrogen) atoms. The number of anilines is 1. The first-order chi connectivity index (χ1) is 7.83. The van der Waals surface area contributed by atoms with Crippen molar-refractivity contribution in [2.45, 2.75) is 19.4 Å². The molecule has 1 atom stereocenters. The second-order valence-corrected chi connectivity index (χ2v) is 4.39. The molecule has 1 N–H and O–H groups in total. The van der Waals surface area contributed by atoms with Crippen molar-refractivity contribution in [3.63, 3.8) is 0 Å². The van der Waals surface area contributed by atoms with Gasteiger partial charge in [0.1, 0.15) is 0 Å². The van der Waals surface area contributed by atoms with Gasteiger partial charge in [0.2, 0.25) is 0 Å². The van der Waals surface area contributed by atoms with Gasteiger partial charge in [-0.05, 0) is 30.5 Å². The molecule has 1 unspecified atom stereocenters. The van der Waals surface area contributed by atoms with E-state index in [-0.39, 0.29) is 0 Å². The van der Waals surface area contributed by atoms with Crippen LogP contribution >= 0.6 is 0 Å². The van der Waals surface area contributed by atoms with E-state index < -0.39 is 0 Å². The first kappa shape index (κ1) is 9.46. The highest BCUT2D eigenvalue weighted by Gasteiger charge is 2.19. The fraction of sp³-hybridized carbons (Fsp3) is 0.308. The smallest absolute Gasteiger partial charge is 0.0732 e. The van der Waals surface area contributed by atoms with Crippen molar-refractivity contribution in [1.29, 1.82) is 0 Å². The van der Waals surface area contributed by atoms with E-state index in [0.717, 1.165) is 13.0 Å². The standard InChI is InChI=1S/C13H15N3/c1-10-7-15-16(9-10)12-6-11-4-2-3-5-13(11)14-8-12/h2-5,7,9,12,14H,6,8H2,1H3. The van der Waals surface area contributed by atoms with Crippen molar-refractivity contribution >= 4 is 5.69 Å². The molecule has 1 aromatic heterocycles. The molecule has 0 saturated carbocycles. The number of fused-ring (bicyclic) bond motifs is 1. The topological polar surface area (TPSA) is 29.9 Å². The lowest BCUT2D eigenvalue weighted by Crippen LogP contribution is -2.26. The van der Waals surface area contributed by atoms with Crippen molar-refractivity contribution in [1.82, 2.24) is 9.78 Å². The highest BCUT2D eigenvalue weighted by Crippen LogP contribution is 2.26. The fourth-order valence-electron chi connectivity index (χ4n) is 2.24. The lowest BCUT2D eigenvalue weighted by molar-refractivity contribution is 0.461. The van der Waals surface area contributed by atoms with Crippen LogP contribution < -0.4 is 5.32 Å². The van der Waals surface area contributed by atoms with E-state index in [9.17, 15) is 0 Å². The van der Waals surface area contributed by atoms with E-state index >= 15 is 0 Å². The van der Waals surface area contributed by atoms with Gasteiger partial charge in [0.25, 0.3) is 0 Å². The quantitative estimate of drug-likeness (QED) is 0.788. The molecule has 1 aliphatic heterocycles. The summed E-state index contributed by atoms with van der Waals surface area (Å²) < 4.78 is 2.07. The molecule has 0 aliphatic carbocycles. The fourth-order valence-corrected chi connectivity index (χ4v) is 2.24. The third kappa shape index (κ3) is 1.58. The number of benzene rings is 1. The maximum atomic E-state index is 4.39. The van der Waals surface area contributed by atoms with Gasteiger partial charge in [-0.1, -0.05) is 18.2 Å². The van der Waals surface area contributed by atoms with Gasteiger partial charge in [0.15, 0.2) is 0 Å². The van der Waals surface area contributed by atoms with E-state index in [1.54, 1.807) is 0 Å². The van der Waals surface area contributed by atoms with Crippen LogP contribution in [0.2, 0.25) is 0 Å². The average molecular weight is 213 g/mol. The number of para-hydroxylation sites is 1. The van der Waals surface area contributed by atoms with Crippen molar-refractivity contribution in [2.24, 2.45) is 0 Å². The number of nitrogens with zero attached hydrogens (tertiary/aromatic N) is 2. The molecule has 3 heteroatoms. The Labute approximate surface area is 95.1 Å². The van der Waals surface area contributed by atoms with Gasteiger partial charge < -0.3 is 5.32 Å². The second kappa shape index (κ2) is 3.67. The normalized spacial score (nSPS) is 18.9. The third-order valence-electron chi connectivity index (χ3n) is 3.11. The Bertz CT molecular complexity index is 501. The van der Waals surface area contributed by atoms with Crippen LogP contribution in [0, 0.1) is 6.92 Å². The molecule has 0 saturated heterocycles. The number of hydrogen-bond acceptors (Lipinski definition) is 2. The van der Waals surface area contributed by atoms with E-state index in [1.165, 1.54) is 16.8 Å². The van der Waals surface area contributed by atoms with Gasteiger partial charge in [0.05, 0.1) is 12.2 Å². The summed E-state index contributed by atoms with van der Waals surface area (Å²) >= 11 is 0. The monoisotopic (exact) mass is 213 g/mol. The molecule has 0 amide bonds. The Morgan fingerprint density at radius 1 is 1.38 bits per heavy atom. The SMILES string of the molecule is Cc1cnn(C2CNc3ccccc3C2)c1. The molecule has 1 aromatic carbocycles. The molecule has 82 valence electrons. The van der Waals surface area contributed by atoms with E-state index in [1.807, 2.05) is 6.20 Å². The first-order valence-corrected chi connectivity index (χ1v) is 5.65. The van der Waals surface area contributed by atoms with E-state index in [4.69, 9.17) is 0 Å². The highest BCUT2D eigenvalue weighted by atomic mass is 15.3. The van der Waals surface area contributed by atoms with Crippen LogP contribution in [0.3, 0.4) is 0 Å². The summed E-state index contributed by atoms with van der Waals surface area (Å²) in [5, 5.41) is 7.85. The maximum absolute atomic E-state index is 4.39. The third-order valence-corrected chi connectivity index (χ3v) is 3.11. The number of rotatable bonds is 1. The number of hydrogen-bond donors (Lipinski definition) is 1. The number of aromatic nitrogens is 2. The van der Waals surface area contributed by atoms with Gasteiger partial charge in [-0.2, -0.15) is 5.10 Å². The summed E-state index contributed by atoms with van der Waals surface area (Å²) in [6.45, 7) is 3.03. The minimum atomic E-state index is 0.434. The average Bonchev–Trinajstić information content (AvgIpc) is 2.75. The lowest BCUT2D eigenvalue weighted by atomic mass is 10.00. The van der Waals surface area contributed by atoms with Crippen molar-refractivity contribution in [3.05, 3.63) is 47.8 Å². The largest absolute Gasteiger partial charge is 0.383 e. The summed E-state index contributed by atoms with van der Waals surface area (Å²) in [7, 11) is 0. The maximum Gasteiger partial charge on any atom is 0.0732 e. The molecule has 3 nitrogen and oxygen atoms in total. The minimum Gasteiger partial charge on any atom is -0.383 e. The highest BCUT2D eigenvalue weighted by molar-refractivity contribution is 5.53. The van der Waals surface area contributed by atoms with Crippen molar-refractivity contribution in [3.8, 4) is 0 Å². The van der Waals surface area contributed by atoms with E-state index in [0.29, 0.717) is 6.04 Å². The van der Waals surface area contributed by atoms with Gasteiger partial charge in [-0.3, -0.25) is 4.68 Å². The molecule has 2 aromatic rings. The van der Waals surface area contributed by atoms with E-state index in [2.05, 4.69) is 52.5 Å². The van der Waals surface area contributed by atoms with Crippen LogP contribution in [0.5, 0.6) is 0 Å². The molecule has 2 heterocycles. The Hall–Kier alpha value is -1.77. The molecule has 0 fully saturated rings. The predicted molar refractivity (Wildman–Crippen MR) is 64.6 cm³/mol. The molecule has 0 radical (unpaired) electrons. The van der Waals surface area contributed by atoms with Crippen molar-refractivity contribution in [2.75, 3.05) is 11.9 Å². The van der Waals surface area contributed by atoms with Gasteiger partial charge in [0, 0.05) is 18.4 Å². The van der Waals surface area contributed by atoms with Crippen LogP contribution in [-0.2, 0) is 6.42 Å².